The molecule has 2 aromatic carbocycles. The van der Waals surface area contributed by atoms with E-state index in [0.717, 1.165) is 11.3 Å². The maximum atomic E-state index is 13.5. The predicted octanol–water partition coefficient (Wildman–Crippen LogP) is 2.78. The number of aromatic nitrogens is 4. The number of aliphatic hydroxyl groups excluding tert-OH is 1. The molecule has 0 saturated carbocycles. The first-order chi connectivity index (χ1) is 12.6. The Bertz CT molecular complexity index is 841. The largest absolute Gasteiger partial charge is 0.390 e. The fourth-order valence-corrected chi connectivity index (χ4v) is 3.05. The van der Waals surface area contributed by atoms with Gasteiger partial charge in [0.2, 0.25) is 5.16 Å². The minimum atomic E-state index is -0.713. The highest BCUT2D eigenvalue weighted by molar-refractivity contribution is 7.99. The van der Waals surface area contributed by atoms with E-state index in [-0.39, 0.29) is 19.0 Å². The summed E-state index contributed by atoms with van der Waals surface area (Å²) >= 11 is 1.33. The lowest BCUT2D eigenvalue weighted by Gasteiger charge is -2.11. The molecule has 0 aliphatic heterocycles. The van der Waals surface area contributed by atoms with Crippen LogP contribution in [-0.2, 0) is 11.3 Å². The van der Waals surface area contributed by atoms with E-state index in [1.54, 1.807) is 22.9 Å². The summed E-state index contributed by atoms with van der Waals surface area (Å²) in [4.78, 5) is 0. The summed E-state index contributed by atoms with van der Waals surface area (Å²) in [5, 5.41) is 22.3. The topological polar surface area (TPSA) is 73.1 Å². The summed E-state index contributed by atoms with van der Waals surface area (Å²) in [5.74, 6) is 0.0531. The molecule has 0 aliphatic carbocycles. The standard InChI is InChI=1S/C18H19FN4O2S/c1-13-6-8-15(9-7-13)23-18(20-21-22-23)26-12-16(24)11-25-10-14-4-2-3-5-17(14)19/h2-9,16,24H,10-12H2,1H3. The molecule has 0 amide bonds. The monoisotopic (exact) mass is 374 g/mol. The van der Waals surface area contributed by atoms with Gasteiger partial charge in [0, 0.05) is 11.3 Å². The summed E-state index contributed by atoms with van der Waals surface area (Å²) in [6.07, 6.45) is -0.713. The number of hydrogen-bond donors (Lipinski definition) is 1. The molecule has 0 aliphatic rings. The van der Waals surface area contributed by atoms with Gasteiger partial charge >= 0.3 is 0 Å². The van der Waals surface area contributed by atoms with Crippen LogP contribution < -0.4 is 0 Å². The third-order valence-corrected chi connectivity index (χ3v) is 4.71. The first kappa shape index (κ1) is 18.5. The van der Waals surface area contributed by atoms with Gasteiger partial charge in [-0.15, -0.1) is 5.10 Å². The second-order valence-electron chi connectivity index (χ2n) is 5.78. The van der Waals surface area contributed by atoms with Gasteiger partial charge in [0.25, 0.3) is 0 Å². The zero-order valence-corrected chi connectivity index (χ0v) is 15.1. The molecule has 3 rings (SSSR count). The van der Waals surface area contributed by atoms with E-state index in [1.165, 1.54) is 17.8 Å². The van der Waals surface area contributed by atoms with Gasteiger partial charge < -0.3 is 9.84 Å². The fraction of sp³-hybridized carbons (Fsp3) is 0.278. The van der Waals surface area contributed by atoms with Gasteiger partial charge in [-0.3, -0.25) is 0 Å². The summed E-state index contributed by atoms with van der Waals surface area (Å²) in [6, 6.07) is 14.3. The second kappa shape index (κ2) is 8.88. The van der Waals surface area contributed by atoms with Crippen molar-refractivity contribution < 1.29 is 14.2 Å². The van der Waals surface area contributed by atoms with E-state index < -0.39 is 6.10 Å². The van der Waals surface area contributed by atoms with E-state index in [9.17, 15) is 9.50 Å². The molecule has 136 valence electrons. The summed E-state index contributed by atoms with van der Waals surface area (Å²) in [7, 11) is 0. The molecule has 3 aromatic rings. The van der Waals surface area contributed by atoms with E-state index >= 15 is 0 Å². The Hall–Kier alpha value is -2.29. The lowest BCUT2D eigenvalue weighted by Crippen LogP contribution is -2.18. The van der Waals surface area contributed by atoms with Gasteiger partial charge in [-0.05, 0) is 35.5 Å². The Morgan fingerprint density at radius 2 is 1.96 bits per heavy atom. The molecule has 1 atom stereocenters. The molecular formula is C18H19FN4O2S. The fourth-order valence-electron chi connectivity index (χ4n) is 2.26. The highest BCUT2D eigenvalue weighted by atomic mass is 32.2. The molecule has 0 saturated heterocycles. The van der Waals surface area contributed by atoms with E-state index in [1.807, 2.05) is 31.2 Å². The highest BCUT2D eigenvalue weighted by Crippen LogP contribution is 2.19. The molecule has 0 spiro atoms. The second-order valence-corrected chi connectivity index (χ2v) is 6.77. The zero-order valence-electron chi connectivity index (χ0n) is 14.2. The Kier molecular flexibility index (Phi) is 6.32. The highest BCUT2D eigenvalue weighted by Gasteiger charge is 2.13. The molecule has 1 N–H and O–H groups in total. The van der Waals surface area contributed by atoms with Crippen molar-refractivity contribution in [3.63, 3.8) is 0 Å². The number of benzene rings is 2. The number of aliphatic hydroxyl groups is 1. The lowest BCUT2D eigenvalue weighted by atomic mass is 10.2. The summed E-state index contributed by atoms with van der Waals surface area (Å²) < 4.78 is 20.5. The zero-order chi connectivity index (χ0) is 18.4. The molecule has 8 heteroatoms. The number of halogens is 1. The van der Waals surface area contributed by atoms with Gasteiger partial charge in [-0.25, -0.2) is 4.39 Å². The SMILES string of the molecule is Cc1ccc(-n2nnnc2SCC(O)COCc2ccccc2F)cc1. The minimum Gasteiger partial charge on any atom is -0.390 e. The first-order valence-electron chi connectivity index (χ1n) is 8.11. The lowest BCUT2D eigenvalue weighted by molar-refractivity contribution is 0.0386. The molecule has 0 radical (unpaired) electrons. The maximum absolute atomic E-state index is 13.5. The normalized spacial score (nSPS) is 12.3. The Morgan fingerprint density at radius 3 is 2.73 bits per heavy atom. The quantitative estimate of drug-likeness (QED) is 0.611. The van der Waals surface area contributed by atoms with Crippen LogP contribution in [0.4, 0.5) is 4.39 Å². The van der Waals surface area contributed by atoms with Crippen LogP contribution in [0.2, 0.25) is 0 Å². The molecule has 1 heterocycles. The molecule has 0 fully saturated rings. The van der Waals surface area contributed by atoms with E-state index in [4.69, 9.17) is 4.74 Å². The minimum absolute atomic E-state index is 0.105. The Morgan fingerprint density at radius 1 is 1.19 bits per heavy atom. The average Bonchev–Trinajstić information content (AvgIpc) is 3.11. The number of ether oxygens (including phenoxy) is 1. The van der Waals surface area contributed by atoms with Crippen LogP contribution in [0.1, 0.15) is 11.1 Å². The third-order valence-electron chi connectivity index (χ3n) is 3.65. The van der Waals surface area contributed by atoms with Crippen molar-refractivity contribution in [3.05, 3.63) is 65.5 Å². The Labute approximate surface area is 155 Å². The van der Waals surface area contributed by atoms with Crippen LogP contribution in [-0.4, -0.2) is 43.8 Å². The molecule has 6 nitrogen and oxygen atoms in total. The van der Waals surface area contributed by atoms with Gasteiger partial charge in [0.1, 0.15) is 5.82 Å². The van der Waals surface area contributed by atoms with Crippen LogP contribution in [0, 0.1) is 12.7 Å². The smallest absolute Gasteiger partial charge is 0.214 e. The maximum Gasteiger partial charge on any atom is 0.214 e. The van der Waals surface area contributed by atoms with Crippen molar-refractivity contribution in [3.8, 4) is 5.69 Å². The summed E-state index contributed by atoms with van der Waals surface area (Å²) in [6.45, 7) is 2.24. The van der Waals surface area contributed by atoms with Crippen LogP contribution in [0.15, 0.2) is 53.7 Å². The number of nitrogens with zero attached hydrogens (tertiary/aromatic N) is 4. The predicted molar refractivity (Wildman–Crippen MR) is 96.7 cm³/mol. The number of thioether (sulfide) groups is 1. The van der Waals surface area contributed by atoms with Crippen LogP contribution >= 0.6 is 11.8 Å². The van der Waals surface area contributed by atoms with Crippen molar-refractivity contribution in [2.24, 2.45) is 0 Å². The first-order valence-corrected chi connectivity index (χ1v) is 9.09. The number of tetrazole rings is 1. The van der Waals surface area contributed by atoms with Crippen LogP contribution in [0.5, 0.6) is 0 Å². The van der Waals surface area contributed by atoms with Crippen molar-refractivity contribution in [2.75, 3.05) is 12.4 Å². The number of hydrogen-bond acceptors (Lipinski definition) is 6. The van der Waals surface area contributed by atoms with Crippen molar-refractivity contribution in [2.45, 2.75) is 24.8 Å². The molecule has 1 unspecified atom stereocenters. The molecule has 26 heavy (non-hydrogen) atoms. The van der Waals surface area contributed by atoms with Gasteiger partial charge in [0.05, 0.1) is 25.0 Å². The summed E-state index contributed by atoms with van der Waals surface area (Å²) in [5.41, 5.74) is 2.47. The van der Waals surface area contributed by atoms with E-state index in [0.29, 0.717) is 16.5 Å². The third kappa shape index (κ3) is 4.87. The van der Waals surface area contributed by atoms with Crippen LogP contribution in [0.3, 0.4) is 0 Å². The average molecular weight is 374 g/mol. The van der Waals surface area contributed by atoms with Crippen LogP contribution in [0.25, 0.3) is 5.69 Å². The number of rotatable bonds is 8. The van der Waals surface area contributed by atoms with E-state index in [2.05, 4.69) is 15.5 Å². The molecule has 0 bridgehead atoms. The van der Waals surface area contributed by atoms with Crippen molar-refractivity contribution in [1.82, 2.24) is 20.2 Å². The Balaban J connectivity index is 1.49. The molecular weight excluding hydrogens is 355 g/mol. The van der Waals surface area contributed by atoms with Gasteiger partial charge in [0.15, 0.2) is 0 Å². The van der Waals surface area contributed by atoms with Gasteiger partial charge in [-0.1, -0.05) is 47.7 Å². The molecule has 1 aromatic heterocycles. The van der Waals surface area contributed by atoms with Crippen molar-refractivity contribution >= 4 is 11.8 Å². The van der Waals surface area contributed by atoms with Crippen molar-refractivity contribution in [1.29, 1.82) is 0 Å². The van der Waals surface area contributed by atoms with Gasteiger partial charge in [-0.2, -0.15) is 4.68 Å². The number of aryl methyl sites for hydroxylation is 1.